The molecule has 0 amide bonds. The van der Waals surface area contributed by atoms with Crippen molar-refractivity contribution in [1.82, 2.24) is 4.90 Å². The van der Waals surface area contributed by atoms with Crippen LogP contribution in [0.3, 0.4) is 0 Å². The van der Waals surface area contributed by atoms with Gasteiger partial charge in [0.1, 0.15) is 5.76 Å². The summed E-state index contributed by atoms with van der Waals surface area (Å²) >= 11 is 0. The number of carbonyl (C=O) groups is 5. The Morgan fingerprint density at radius 2 is 1.84 bits per heavy atom. The van der Waals surface area contributed by atoms with E-state index >= 15 is 0 Å². The van der Waals surface area contributed by atoms with E-state index in [0.717, 1.165) is 18.1 Å². The number of hydrogen-bond acceptors (Lipinski definition) is 13. The summed E-state index contributed by atoms with van der Waals surface area (Å²) in [5, 5.41) is 40.3. The predicted octanol–water partition coefficient (Wildman–Crippen LogP) is -0.330. The van der Waals surface area contributed by atoms with Gasteiger partial charge in [-0.15, -0.1) is 0 Å². The van der Waals surface area contributed by atoms with Crippen LogP contribution in [0, 0.1) is 0 Å². The van der Waals surface area contributed by atoms with Crippen molar-refractivity contribution in [2.75, 3.05) is 20.7 Å². The standard InChI is InChI=1S/C29H33NO14/c1-13(26(37)43-18(25(35)36)12-20(32)33)41-27(38)15(31)11-21(34)42-17-6-7-29(39)19-10-14-4-5-16(40-3)23-22(14)28(29,24(17)44-23)8-9-30(19)2/h4-6,13,15,18-19,24,31,39H,7-12H2,1-3H3,(H,32,33)(H,35,36)/t13-,15-,18-,19-,24+,28+,29-/m0/s1. The number of nitrogens with zero attached hydrogens (tertiary/aromatic N) is 1. The Morgan fingerprint density at radius 3 is 2.50 bits per heavy atom. The molecule has 7 atom stereocenters. The zero-order chi connectivity index (χ0) is 32.1. The van der Waals surface area contributed by atoms with Crippen molar-refractivity contribution in [3.8, 4) is 11.5 Å². The summed E-state index contributed by atoms with van der Waals surface area (Å²) in [7, 11) is 3.46. The minimum Gasteiger partial charge on any atom is -0.493 e. The van der Waals surface area contributed by atoms with E-state index in [1.807, 2.05) is 13.1 Å². The monoisotopic (exact) mass is 619 g/mol. The van der Waals surface area contributed by atoms with Gasteiger partial charge in [-0.1, -0.05) is 6.07 Å². The number of aliphatic carboxylic acids is 2. The van der Waals surface area contributed by atoms with Gasteiger partial charge in [-0.25, -0.2) is 14.4 Å². The number of ether oxygens (including phenoxy) is 5. The van der Waals surface area contributed by atoms with Crippen LogP contribution in [0.4, 0.5) is 0 Å². The number of aliphatic hydroxyl groups is 2. The third-order valence-corrected chi connectivity index (χ3v) is 8.94. The van der Waals surface area contributed by atoms with E-state index in [4.69, 9.17) is 29.2 Å². The first kappa shape index (κ1) is 31.2. The SMILES string of the molecule is COc1ccc2c3c1O[C@@H]1C(OC(=O)C[C@H](O)C(=O)O[C@@H](C)C(=O)O[C@@H](CC(=O)O)C(=O)O)=CC[C@]4(O)[C@H](C2)N(C)CC[C@@]314. The quantitative estimate of drug-likeness (QED) is 0.184. The van der Waals surface area contributed by atoms with Gasteiger partial charge in [0.05, 0.1) is 31.0 Å². The molecule has 238 valence electrons. The Balaban J connectivity index is 1.27. The molecule has 2 bridgehead atoms. The third-order valence-electron chi connectivity index (χ3n) is 8.94. The molecule has 1 aromatic carbocycles. The number of rotatable bonds is 11. The van der Waals surface area contributed by atoms with Crippen molar-refractivity contribution in [2.45, 2.75) is 80.5 Å². The summed E-state index contributed by atoms with van der Waals surface area (Å²) in [6.45, 7) is 1.67. The van der Waals surface area contributed by atoms with Crippen molar-refractivity contribution < 1.29 is 68.1 Å². The number of piperidine rings is 1. The molecule has 1 spiro atoms. The molecule has 2 aliphatic heterocycles. The third kappa shape index (κ3) is 4.94. The zero-order valence-corrected chi connectivity index (χ0v) is 24.2. The molecule has 1 saturated heterocycles. The fourth-order valence-corrected chi connectivity index (χ4v) is 6.88. The fourth-order valence-electron chi connectivity index (χ4n) is 6.88. The van der Waals surface area contributed by atoms with Crippen molar-refractivity contribution in [3.63, 3.8) is 0 Å². The maximum atomic E-state index is 12.9. The van der Waals surface area contributed by atoms with Gasteiger partial charge in [-0.05, 0) is 51.1 Å². The Hall–Kier alpha value is -4.21. The number of carboxylic acid groups (broad SMARTS) is 2. The van der Waals surface area contributed by atoms with E-state index in [9.17, 15) is 34.2 Å². The highest BCUT2D eigenvalue weighted by atomic mass is 16.6. The summed E-state index contributed by atoms with van der Waals surface area (Å²) in [4.78, 5) is 61.5. The first-order valence-corrected chi connectivity index (χ1v) is 14.0. The Morgan fingerprint density at radius 1 is 1.11 bits per heavy atom. The molecule has 0 aromatic heterocycles. The number of esters is 3. The van der Waals surface area contributed by atoms with Crippen LogP contribution in [0.2, 0.25) is 0 Å². The minimum absolute atomic E-state index is 0.115. The van der Waals surface area contributed by atoms with Crippen LogP contribution in [0.25, 0.3) is 0 Å². The van der Waals surface area contributed by atoms with E-state index in [1.54, 1.807) is 12.1 Å². The van der Waals surface area contributed by atoms with Crippen LogP contribution >= 0.6 is 0 Å². The van der Waals surface area contributed by atoms with Crippen molar-refractivity contribution in [2.24, 2.45) is 0 Å². The molecule has 44 heavy (non-hydrogen) atoms. The van der Waals surface area contributed by atoms with Crippen molar-refractivity contribution >= 4 is 29.8 Å². The second-order valence-corrected chi connectivity index (χ2v) is 11.4. The molecule has 15 heteroatoms. The highest BCUT2D eigenvalue weighted by Gasteiger charge is 2.72. The lowest BCUT2D eigenvalue weighted by molar-refractivity contribution is -0.181. The molecule has 2 aliphatic carbocycles. The van der Waals surface area contributed by atoms with Gasteiger partial charge < -0.3 is 49.0 Å². The summed E-state index contributed by atoms with van der Waals surface area (Å²) in [6.07, 6.45) is -5.76. The van der Waals surface area contributed by atoms with Gasteiger partial charge in [-0.2, -0.15) is 0 Å². The number of hydrogen-bond donors (Lipinski definition) is 4. The van der Waals surface area contributed by atoms with Crippen LogP contribution in [-0.2, 0) is 50.0 Å². The van der Waals surface area contributed by atoms with Gasteiger partial charge in [-0.3, -0.25) is 9.59 Å². The van der Waals surface area contributed by atoms with Gasteiger partial charge in [0.25, 0.3) is 0 Å². The maximum Gasteiger partial charge on any atom is 0.348 e. The van der Waals surface area contributed by atoms with Crippen LogP contribution < -0.4 is 9.47 Å². The van der Waals surface area contributed by atoms with E-state index in [1.165, 1.54) is 7.11 Å². The molecule has 0 radical (unpaired) electrons. The van der Waals surface area contributed by atoms with Crippen molar-refractivity contribution in [3.05, 3.63) is 35.1 Å². The Labute approximate surface area is 250 Å². The highest BCUT2D eigenvalue weighted by Crippen LogP contribution is 2.65. The second-order valence-electron chi connectivity index (χ2n) is 11.4. The molecule has 1 fully saturated rings. The minimum atomic E-state index is -2.07. The van der Waals surface area contributed by atoms with Gasteiger partial charge >= 0.3 is 29.8 Å². The number of likely N-dealkylation sites (tertiary alicyclic amines) is 1. The topological polar surface area (TPSA) is 216 Å². The number of benzene rings is 1. The van der Waals surface area contributed by atoms with Crippen LogP contribution in [0.5, 0.6) is 11.5 Å². The molecule has 0 saturated carbocycles. The molecular formula is C29H33NO14. The van der Waals surface area contributed by atoms with E-state index in [0.29, 0.717) is 30.9 Å². The average Bonchev–Trinajstić information content (AvgIpc) is 3.31. The largest absolute Gasteiger partial charge is 0.493 e. The smallest absolute Gasteiger partial charge is 0.348 e. The lowest BCUT2D eigenvalue weighted by Crippen LogP contribution is -2.74. The number of carbonyl (C=O) groups excluding carboxylic acids is 3. The van der Waals surface area contributed by atoms with Crippen LogP contribution in [0.1, 0.15) is 43.7 Å². The second kappa shape index (κ2) is 11.4. The Bertz CT molecular complexity index is 1440. The molecule has 0 unspecified atom stereocenters. The lowest BCUT2D eigenvalue weighted by Gasteiger charge is -2.61. The molecule has 2 heterocycles. The molecule has 4 N–H and O–H groups in total. The maximum absolute atomic E-state index is 12.9. The normalized spacial score (nSPS) is 28.2. The fraction of sp³-hybridized carbons (Fsp3) is 0.552. The zero-order valence-electron chi connectivity index (χ0n) is 24.2. The summed E-state index contributed by atoms with van der Waals surface area (Å²) in [5.41, 5.74) is -0.342. The van der Waals surface area contributed by atoms with Gasteiger partial charge in [0.2, 0.25) is 6.10 Å². The number of likely N-dealkylation sites (N-methyl/N-ethyl adjacent to an activating group) is 1. The Kier molecular flexibility index (Phi) is 8.07. The summed E-state index contributed by atoms with van der Waals surface area (Å²) < 4.78 is 26.9. The van der Waals surface area contributed by atoms with Crippen LogP contribution in [-0.4, -0.2) is 112 Å². The molecule has 15 nitrogen and oxygen atoms in total. The lowest BCUT2D eigenvalue weighted by atomic mass is 9.50. The first-order valence-electron chi connectivity index (χ1n) is 14.0. The molecule has 4 aliphatic rings. The number of aliphatic hydroxyl groups excluding tert-OH is 1. The summed E-state index contributed by atoms with van der Waals surface area (Å²) in [6, 6.07) is 3.53. The van der Waals surface area contributed by atoms with E-state index < -0.39 is 78.1 Å². The molecular weight excluding hydrogens is 586 g/mol. The van der Waals surface area contributed by atoms with Crippen molar-refractivity contribution in [1.29, 1.82) is 0 Å². The van der Waals surface area contributed by atoms with Gasteiger partial charge in [0, 0.05) is 18.0 Å². The molecule has 5 rings (SSSR count). The average molecular weight is 620 g/mol. The van der Waals surface area contributed by atoms with E-state index in [-0.39, 0.29) is 18.2 Å². The van der Waals surface area contributed by atoms with Crippen LogP contribution in [0.15, 0.2) is 24.0 Å². The molecule has 1 aromatic rings. The highest BCUT2D eigenvalue weighted by molar-refractivity contribution is 5.87. The number of methoxy groups -OCH3 is 1. The first-order chi connectivity index (χ1) is 20.7. The number of carboxylic acids is 2. The van der Waals surface area contributed by atoms with E-state index in [2.05, 4.69) is 9.64 Å². The summed E-state index contributed by atoms with van der Waals surface area (Å²) in [5.74, 6) is -5.97. The van der Waals surface area contributed by atoms with Gasteiger partial charge in [0.15, 0.2) is 29.8 Å². The predicted molar refractivity (Wildman–Crippen MR) is 144 cm³/mol.